The van der Waals surface area contributed by atoms with Crippen LogP contribution in [0.1, 0.15) is 38.4 Å². The average molecular weight is 224 g/mol. The summed E-state index contributed by atoms with van der Waals surface area (Å²) in [4.78, 5) is 9.71. The van der Waals surface area contributed by atoms with Crippen molar-refractivity contribution in [1.82, 2.24) is 9.97 Å². The summed E-state index contributed by atoms with van der Waals surface area (Å²) in [6.07, 6.45) is 0. The number of aromatic nitrogens is 2. The van der Waals surface area contributed by atoms with Gasteiger partial charge in [-0.1, -0.05) is 39.0 Å². The normalized spacial score (nSPS) is 8.67. The van der Waals surface area contributed by atoms with Crippen LogP contribution in [0.15, 0.2) is 12.1 Å². The van der Waals surface area contributed by atoms with Crippen LogP contribution < -0.4 is 0 Å². The molecule has 2 aromatic rings. The van der Waals surface area contributed by atoms with Crippen LogP contribution in [0.2, 0.25) is 0 Å². The molecule has 2 rings (SSSR count). The minimum absolute atomic E-state index is 1.01. The molecule has 15 heavy (non-hydrogen) atoms. The van der Waals surface area contributed by atoms with Crippen molar-refractivity contribution < 1.29 is 0 Å². The first-order chi connectivity index (χ1) is 7.25. The number of nitrogens with zero attached hydrogens (tertiary/aromatic N) is 2. The second-order valence-electron chi connectivity index (χ2n) is 2.51. The fourth-order valence-electron chi connectivity index (χ4n) is 1.02. The van der Waals surface area contributed by atoms with E-state index in [-0.39, 0.29) is 0 Å². The molecule has 3 heteroatoms. The monoisotopic (exact) mass is 224 g/mol. The van der Waals surface area contributed by atoms with Gasteiger partial charge in [-0.05, 0) is 26.0 Å². The van der Waals surface area contributed by atoms with Gasteiger partial charge in [0.15, 0.2) is 0 Å². The summed E-state index contributed by atoms with van der Waals surface area (Å²) < 4.78 is 0. The zero-order valence-electron chi connectivity index (χ0n) is 10.5. The third-order valence-electron chi connectivity index (χ3n) is 1.50. The molecule has 84 valence electrons. The summed E-state index contributed by atoms with van der Waals surface area (Å²) in [6.45, 7) is 12.0. The largest absolute Gasteiger partial charge is 0.241 e. The van der Waals surface area contributed by atoms with Gasteiger partial charge in [0.25, 0.3) is 0 Å². The molecule has 2 nitrogen and oxygen atoms in total. The van der Waals surface area contributed by atoms with Crippen molar-refractivity contribution in [2.75, 3.05) is 0 Å². The number of fused-ring (bicyclic) bond motifs is 1. The highest BCUT2D eigenvalue weighted by Crippen LogP contribution is 2.18. The molecule has 0 bridgehead atoms. The van der Waals surface area contributed by atoms with Gasteiger partial charge >= 0.3 is 0 Å². The molecule has 0 saturated heterocycles. The van der Waals surface area contributed by atoms with Crippen molar-refractivity contribution in [3.05, 3.63) is 22.8 Å². The molecule has 0 atom stereocenters. The molecular weight excluding hydrogens is 204 g/mol. The van der Waals surface area contributed by atoms with Gasteiger partial charge in [-0.2, -0.15) is 0 Å². The topological polar surface area (TPSA) is 25.8 Å². The van der Waals surface area contributed by atoms with Gasteiger partial charge in [-0.15, -0.1) is 0 Å². The van der Waals surface area contributed by atoms with E-state index >= 15 is 0 Å². The number of pyridine rings is 1. The number of aryl methyl sites for hydroxylation is 2. The average Bonchev–Trinajstić information content (AvgIpc) is 2.63. The maximum absolute atomic E-state index is 4.35. The smallest absolute Gasteiger partial charge is 0.143 e. The standard InChI is InChI=1S/C8H8N2S.2C2H6/c1-5-3-4-7-8(9-5)11-6(2)10-7;2*1-2/h3-4H,1-2H3;2*1-2H3. The highest BCUT2D eigenvalue weighted by molar-refractivity contribution is 7.18. The molecule has 0 saturated carbocycles. The lowest BCUT2D eigenvalue weighted by atomic mass is 10.4. The van der Waals surface area contributed by atoms with E-state index in [0.717, 1.165) is 21.0 Å². The zero-order valence-corrected chi connectivity index (χ0v) is 11.3. The van der Waals surface area contributed by atoms with Crippen LogP contribution in [0.5, 0.6) is 0 Å². The van der Waals surface area contributed by atoms with Crippen molar-refractivity contribution in [1.29, 1.82) is 0 Å². The quantitative estimate of drug-likeness (QED) is 0.664. The van der Waals surface area contributed by atoms with E-state index < -0.39 is 0 Å². The molecular formula is C12H20N2S. The van der Waals surface area contributed by atoms with E-state index in [4.69, 9.17) is 0 Å². The molecule has 0 aliphatic carbocycles. The lowest BCUT2D eigenvalue weighted by Gasteiger charge is -1.87. The van der Waals surface area contributed by atoms with Crippen LogP contribution in [0.3, 0.4) is 0 Å². The molecule has 0 amide bonds. The van der Waals surface area contributed by atoms with Crippen molar-refractivity contribution in [3.8, 4) is 0 Å². The third-order valence-corrected chi connectivity index (χ3v) is 2.38. The van der Waals surface area contributed by atoms with Gasteiger partial charge < -0.3 is 0 Å². The summed E-state index contributed by atoms with van der Waals surface area (Å²) in [5.74, 6) is 0. The van der Waals surface area contributed by atoms with Gasteiger partial charge in [-0.25, -0.2) is 9.97 Å². The first-order valence-electron chi connectivity index (χ1n) is 5.46. The predicted octanol–water partition coefficient (Wildman–Crippen LogP) is 4.36. The Morgan fingerprint density at radius 2 is 1.53 bits per heavy atom. The maximum atomic E-state index is 4.35. The number of thiazole rings is 1. The van der Waals surface area contributed by atoms with E-state index in [2.05, 4.69) is 9.97 Å². The molecule has 0 N–H and O–H groups in total. The number of hydrogen-bond donors (Lipinski definition) is 0. The molecule has 0 aliphatic rings. The Bertz CT molecular complexity index is 393. The van der Waals surface area contributed by atoms with Gasteiger partial charge in [0.05, 0.1) is 5.01 Å². The molecule has 0 spiro atoms. The van der Waals surface area contributed by atoms with Crippen LogP contribution in [-0.4, -0.2) is 9.97 Å². The second-order valence-corrected chi connectivity index (χ2v) is 3.69. The van der Waals surface area contributed by atoms with E-state index in [1.807, 2.05) is 53.7 Å². The van der Waals surface area contributed by atoms with Crippen LogP contribution in [0.25, 0.3) is 10.3 Å². The maximum Gasteiger partial charge on any atom is 0.143 e. The van der Waals surface area contributed by atoms with E-state index in [0.29, 0.717) is 0 Å². The van der Waals surface area contributed by atoms with Crippen molar-refractivity contribution in [2.45, 2.75) is 41.5 Å². The Balaban J connectivity index is 0.000000442. The van der Waals surface area contributed by atoms with Gasteiger partial charge in [0.2, 0.25) is 0 Å². The molecule has 0 aliphatic heterocycles. The second kappa shape index (κ2) is 7.35. The molecule has 2 heterocycles. The Morgan fingerprint density at radius 1 is 0.933 bits per heavy atom. The van der Waals surface area contributed by atoms with Gasteiger partial charge in [-0.3, -0.25) is 0 Å². The van der Waals surface area contributed by atoms with E-state index in [1.54, 1.807) is 11.3 Å². The van der Waals surface area contributed by atoms with Crippen molar-refractivity contribution >= 4 is 21.7 Å². The summed E-state index contributed by atoms with van der Waals surface area (Å²) in [7, 11) is 0. The minimum atomic E-state index is 1.01. The molecule has 0 unspecified atom stereocenters. The van der Waals surface area contributed by atoms with Gasteiger partial charge in [0.1, 0.15) is 10.3 Å². The van der Waals surface area contributed by atoms with Crippen LogP contribution >= 0.6 is 11.3 Å². The molecule has 0 aromatic carbocycles. The van der Waals surface area contributed by atoms with Crippen molar-refractivity contribution in [3.63, 3.8) is 0 Å². The van der Waals surface area contributed by atoms with Crippen LogP contribution in [-0.2, 0) is 0 Å². The van der Waals surface area contributed by atoms with Crippen LogP contribution in [0.4, 0.5) is 0 Å². The Morgan fingerprint density at radius 3 is 2.13 bits per heavy atom. The fourth-order valence-corrected chi connectivity index (χ4v) is 1.85. The first kappa shape index (κ1) is 14.0. The summed E-state index contributed by atoms with van der Waals surface area (Å²) in [6, 6.07) is 4.00. The number of hydrogen-bond acceptors (Lipinski definition) is 3. The zero-order chi connectivity index (χ0) is 11.8. The molecule has 0 fully saturated rings. The lowest BCUT2D eigenvalue weighted by Crippen LogP contribution is -1.77. The fraction of sp³-hybridized carbons (Fsp3) is 0.500. The highest BCUT2D eigenvalue weighted by atomic mass is 32.1. The van der Waals surface area contributed by atoms with Gasteiger partial charge in [0, 0.05) is 5.69 Å². The Labute approximate surface area is 96.4 Å². The van der Waals surface area contributed by atoms with E-state index in [9.17, 15) is 0 Å². The predicted molar refractivity (Wildman–Crippen MR) is 69.6 cm³/mol. The van der Waals surface area contributed by atoms with Crippen LogP contribution in [0, 0.1) is 13.8 Å². The minimum Gasteiger partial charge on any atom is -0.241 e. The highest BCUT2D eigenvalue weighted by Gasteiger charge is 1.99. The van der Waals surface area contributed by atoms with Crippen molar-refractivity contribution in [2.24, 2.45) is 0 Å². The number of rotatable bonds is 0. The summed E-state index contributed by atoms with van der Waals surface area (Å²) in [5, 5.41) is 1.08. The van der Waals surface area contributed by atoms with E-state index in [1.165, 1.54) is 0 Å². The third kappa shape index (κ3) is 3.96. The SMILES string of the molecule is CC.CC.Cc1ccc2nc(C)sc2n1. The molecule has 2 aromatic heterocycles. The molecule has 0 radical (unpaired) electrons. The summed E-state index contributed by atoms with van der Waals surface area (Å²) >= 11 is 1.64. The Hall–Kier alpha value is -0.960. The Kier molecular flexibility index (Phi) is 6.88. The summed E-state index contributed by atoms with van der Waals surface area (Å²) in [5.41, 5.74) is 2.07. The first-order valence-corrected chi connectivity index (χ1v) is 6.28. The lowest BCUT2D eigenvalue weighted by molar-refractivity contribution is 1.26.